The van der Waals surface area contributed by atoms with Crippen molar-refractivity contribution in [2.45, 2.75) is 13.5 Å². The first-order valence-corrected chi connectivity index (χ1v) is 5.70. The molecule has 0 saturated carbocycles. The van der Waals surface area contributed by atoms with Crippen LogP contribution in [-0.2, 0) is 6.54 Å². The number of nitro benzene ring substituents is 1. The summed E-state index contributed by atoms with van der Waals surface area (Å²) in [5.74, 6) is -1.48. The van der Waals surface area contributed by atoms with E-state index < -0.39 is 16.6 Å². The minimum atomic E-state index is -0.766. The van der Waals surface area contributed by atoms with Gasteiger partial charge in [0.25, 0.3) is 11.6 Å². The fourth-order valence-electron chi connectivity index (χ4n) is 1.68. The number of hydrogen-bond donors (Lipinski definition) is 2. The molecule has 0 atom stereocenters. The molecule has 104 valence electrons. The maximum atomic E-state index is 13.9. The first kappa shape index (κ1) is 13.7. The topological polar surface area (TPSA) is 101 Å². The molecule has 1 amide bonds. The molecular weight excluding hydrogens is 267 g/mol. The molecule has 0 aliphatic heterocycles. The van der Waals surface area contributed by atoms with Gasteiger partial charge in [-0.2, -0.15) is 5.10 Å². The van der Waals surface area contributed by atoms with E-state index in [0.29, 0.717) is 5.69 Å². The van der Waals surface area contributed by atoms with Crippen LogP contribution in [0.4, 0.5) is 10.1 Å². The second kappa shape index (κ2) is 5.47. The van der Waals surface area contributed by atoms with Crippen LogP contribution in [0.1, 0.15) is 21.6 Å². The van der Waals surface area contributed by atoms with Crippen molar-refractivity contribution in [2.75, 3.05) is 0 Å². The Morgan fingerprint density at radius 2 is 2.30 bits per heavy atom. The fourth-order valence-corrected chi connectivity index (χ4v) is 1.68. The van der Waals surface area contributed by atoms with Crippen LogP contribution in [0.2, 0.25) is 0 Å². The first-order chi connectivity index (χ1) is 9.49. The van der Waals surface area contributed by atoms with E-state index in [2.05, 4.69) is 15.5 Å². The average Bonchev–Trinajstić information content (AvgIpc) is 2.92. The summed E-state index contributed by atoms with van der Waals surface area (Å²) in [6.45, 7) is 1.49. The number of nitrogens with zero attached hydrogens (tertiary/aromatic N) is 2. The highest BCUT2D eigenvalue weighted by atomic mass is 19.1. The number of hydrogen-bond acceptors (Lipinski definition) is 4. The van der Waals surface area contributed by atoms with Crippen molar-refractivity contribution in [3.8, 4) is 0 Å². The van der Waals surface area contributed by atoms with Crippen LogP contribution in [0, 0.1) is 22.9 Å². The molecule has 2 aromatic rings. The van der Waals surface area contributed by atoms with Crippen molar-refractivity contribution >= 4 is 11.6 Å². The molecule has 1 aromatic carbocycles. The molecule has 0 spiro atoms. The van der Waals surface area contributed by atoms with E-state index in [1.807, 2.05) is 0 Å². The quantitative estimate of drug-likeness (QED) is 0.656. The van der Waals surface area contributed by atoms with Crippen LogP contribution >= 0.6 is 0 Å². The predicted octanol–water partition coefficient (Wildman–Crippen LogP) is 1.70. The van der Waals surface area contributed by atoms with Gasteiger partial charge in [0.15, 0.2) is 0 Å². The summed E-state index contributed by atoms with van der Waals surface area (Å²) >= 11 is 0. The number of non-ortho nitro benzene ring substituents is 1. The molecule has 1 aromatic heterocycles. The van der Waals surface area contributed by atoms with Crippen molar-refractivity contribution in [3.05, 3.63) is 57.1 Å². The number of carbonyl (C=O) groups excluding carboxylic acids is 1. The van der Waals surface area contributed by atoms with Gasteiger partial charge >= 0.3 is 0 Å². The Kier molecular flexibility index (Phi) is 3.74. The van der Waals surface area contributed by atoms with Gasteiger partial charge in [0.05, 0.1) is 22.7 Å². The minimum Gasteiger partial charge on any atom is -0.346 e. The second-order valence-electron chi connectivity index (χ2n) is 4.15. The van der Waals surface area contributed by atoms with E-state index in [1.54, 1.807) is 6.07 Å². The fraction of sp³-hybridized carbons (Fsp3) is 0.167. The zero-order valence-corrected chi connectivity index (χ0v) is 10.5. The van der Waals surface area contributed by atoms with Crippen LogP contribution in [0.3, 0.4) is 0 Å². The maximum absolute atomic E-state index is 13.9. The first-order valence-electron chi connectivity index (χ1n) is 5.70. The number of halogens is 1. The van der Waals surface area contributed by atoms with Gasteiger partial charge in [-0.1, -0.05) is 0 Å². The van der Waals surface area contributed by atoms with Gasteiger partial charge in [-0.05, 0) is 18.6 Å². The summed E-state index contributed by atoms with van der Waals surface area (Å²) < 4.78 is 13.9. The lowest BCUT2D eigenvalue weighted by Crippen LogP contribution is -2.24. The molecule has 0 aliphatic carbocycles. The molecule has 20 heavy (non-hydrogen) atoms. The highest BCUT2D eigenvalue weighted by Gasteiger charge is 2.19. The number of nitro groups is 1. The van der Waals surface area contributed by atoms with E-state index in [9.17, 15) is 19.3 Å². The summed E-state index contributed by atoms with van der Waals surface area (Å²) in [5, 5.41) is 19.5. The van der Waals surface area contributed by atoms with E-state index in [0.717, 1.165) is 12.1 Å². The van der Waals surface area contributed by atoms with Gasteiger partial charge in [0.1, 0.15) is 5.82 Å². The smallest absolute Gasteiger partial charge is 0.270 e. The van der Waals surface area contributed by atoms with Gasteiger partial charge < -0.3 is 5.32 Å². The van der Waals surface area contributed by atoms with E-state index in [4.69, 9.17) is 0 Å². The lowest BCUT2D eigenvalue weighted by molar-refractivity contribution is -0.385. The molecule has 1 heterocycles. The summed E-state index contributed by atoms with van der Waals surface area (Å²) in [6.07, 6.45) is 1.51. The zero-order chi connectivity index (χ0) is 14.7. The molecule has 2 N–H and O–H groups in total. The monoisotopic (exact) mass is 278 g/mol. The molecular formula is C12H11FN4O3. The van der Waals surface area contributed by atoms with Crippen molar-refractivity contribution in [1.82, 2.24) is 15.5 Å². The molecule has 0 radical (unpaired) electrons. The number of carbonyl (C=O) groups is 1. The third-order valence-corrected chi connectivity index (χ3v) is 2.69. The third-order valence-electron chi connectivity index (χ3n) is 2.69. The average molecular weight is 278 g/mol. The lowest BCUT2D eigenvalue weighted by atomic mass is 10.1. The van der Waals surface area contributed by atoms with Crippen LogP contribution in [0.25, 0.3) is 0 Å². The Morgan fingerprint density at radius 1 is 1.55 bits per heavy atom. The van der Waals surface area contributed by atoms with Crippen molar-refractivity contribution in [2.24, 2.45) is 0 Å². The van der Waals surface area contributed by atoms with Crippen molar-refractivity contribution in [1.29, 1.82) is 0 Å². The Labute approximate surface area is 113 Å². The Bertz CT molecular complexity index is 655. The highest BCUT2D eigenvalue weighted by molar-refractivity contribution is 5.95. The van der Waals surface area contributed by atoms with Crippen LogP contribution in [-0.4, -0.2) is 21.0 Å². The van der Waals surface area contributed by atoms with Gasteiger partial charge in [0.2, 0.25) is 0 Å². The van der Waals surface area contributed by atoms with E-state index >= 15 is 0 Å². The molecule has 2 rings (SSSR count). The normalized spacial score (nSPS) is 10.3. The largest absolute Gasteiger partial charge is 0.346 e. The Morgan fingerprint density at radius 3 is 2.90 bits per heavy atom. The standard InChI is InChI=1S/C12H11FN4O3/c1-7-4-9(17(19)20)5-10(11(7)13)12(18)14-6-8-2-3-15-16-8/h2-5H,6H2,1H3,(H,14,18)(H,15,16). The summed E-state index contributed by atoms with van der Waals surface area (Å²) in [7, 11) is 0. The number of rotatable bonds is 4. The van der Waals surface area contributed by atoms with Crippen LogP contribution < -0.4 is 5.32 Å². The van der Waals surface area contributed by atoms with E-state index in [1.165, 1.54) is 13.1 Å². The number of aromatic amines is 1. The number of amides is 1. The molecule has 0 saturated heterocycles. The zero-order valence-electron chi connectivity index (χ0n) is 10.5. The lowest BCUT2D eigenvalue weighted by Gasteiger charge is -2.06. The van der Waals surface area contributed by atoms with Crippen LogP contribution in [0.5, 0.6) is 0 Å². The van der Waals surface area contributed by atoms with Crippen LogP contribution in [0.15, 0.2) is 24.4 Å². The summed E-state index contributed by atoms with van der Waals surface area (Å²) in [6, 6.07) is 3.65. The number of aromatic nitrogens is 2. The maximum Gasteiger partial charge on any atom is 0.270 e. The number of benzene rings is 1. The molecule has 7 nitrogen and oxygen atoms in total. The Balaban J connectivity index is 2.22. The Hall–Kier alpha value is -2.77. The van der Waals surface area contributed by atoms with Gasteiger partial charge in [-0.25, -0.2) is 4.39 Å². The van der Waals surface area contributed by atoms with Gasteiger partial charge in [0, 0.05) is 18.3 Å². The molecule has 0 aliphatic rings. The number of aryl methyl sites for hydroxylation is 1. The molecule has 0 bridgehead atoms. The van der Waals surface area contributed by atoms with Gasteiger partial charge in [-0.15, -0.1) is 0 Å². The van der Waals surface area contributed by atoms with Crippen molar-refractivity contribution < 1.29 is 14.1 Å². The predicted molar refractivity (Wildman–Crippen MR) is 67.5 cm³/mol. The SMILES string of the molecule is Cc1cc([N+](=O)[O-])cc(C(=O)NCc2ccn[nH]2)c1F. The third kappa shape index (κ3) is 2.79. The second-order valence-corrected chi connectivity index (χ2v) is 4.15. The molecule has 8 heteroatoms. The van der Waals surface area contributed by atoms with Gasteiger partial charge in [-0.3, -0.25) is 20.0 Å². The van der Waals surface area contributed by atoms with Crippen molar-refractivity contribution in [3.63, 3.8) is 0 Å². The summed E-state index contributed by atoms with van der Waals surface area (Å²) in [5.41, 5.74) is 0.0126. The minimum absolute atomic E-state index is 0.0471. The van der Waals surface area contributed by atoms with E-state index in [-0.39, 0.29) is 23.4 Å². The summed E-state index contributed by atoms with van der Waals surface area (Å²) in [4.78, 5) is 21.9. The number of nitrogens with one attached hydrogen (secondary N) is 2. The highest BCUT2D eigenvalue weighted by Crippen LogP contribution is 2.21. The molecule has 0 fully saturated rings. The molecule has 0 unspecified atom stereocenters. The number of H-pyrrole nitrogens is 1.